The Bertz CT molecular complexity index is 631. The molecule has 1 fully saturated rings. The third-order valence-electron chi connectivity index (χ3n) is 5.19. The van der Waals surface area contributed by atoms with Crippen molar-refractivity contribution in [1.82, 2.24) is 10.2 Å². The topological polar surface area (TPSA) is 24.5 Å². The van der Waals surface area contributed by atoms with E-state index < -0.39 is 0 Å². The molecule has 0 atom stereocenters. The Kier molecular flexibility index (Phi) is 7.10. The van der Waals surface area contributed by atoms with Crippen molar-refractivity contribution in [2.45, 2.75) is 45.2 Å². The number of nitrogens with zero attached hydrogens (tertiary/aromatic N) is 1. The molecule has 0 spiro atoms. The van der Waals surface area contributed by atoms with Gasteiger partial charge in [-0.25, -0.2) is 0 Å². The van der Waals surface area contributed by atoms with Gasteiger partial charge in [0.2, 0.25) is 0 Å². The summed E-state index contributed by atoms with van der Waals surface area (Å²) < 4.78 is 5.86. The summed E-state index contributed by atoms with van der Waals surface area (Å²) >= 11 is 0. The largest absolute Gasteiger partial charge is 0.492 e. The molecule has 0 bridgehead atoms. The molecule has 1 aliphatic rings. The molecule has 1 saturated heterocycles. The summed E-state index contributed by atoms with van der Waals surface area (Å²) in [6, 6.07) is 19.9. The van der Waals surface area contributed by atoms with Crippen molar-refractivity contribution in [3.05, 3.63) is 65.7 Å². The van der Waals surface area contributed by atoms with E-state index in [4.69, 9.17) is 4.74 Å². The van der Waals surface area contributed by atoms with Gasteiger partial charge in [0, 0.05) is 19.1 Å². The molecule has 26 heavy (non-hydrogen) atoms. The summed E-state index contributed by atoms with van der Waals surface area (Å²) in [5.41, 5.74) is 2.77. The van der Waals surface area contributed by atoms with Crippen molar-refractivity contribution in [2.75, 3.05) is 26.2 Å². The maximum atomic E-state index is 5.86. The zero-order chi connectivity index (χ0) is 18.2. The predicted molar refractivity (Wildman–Crippen MR) is 109 cm³/mol. The van der Waals surface area contributed by atoms with Crippen molar-refractivity contribution in [1.29, 1.82) is 0 Å². The van der Waals surface area contributed by atoms with Gasteiger partial charge >= 0.3 is 0 Å². The Labute approximate surface area is 158 Å². The highest BCUT2D eigenvalue weighted by molar-refractivity contribution is 5.28. The summed E-state index contributed by atoms with van der Waals surface area (Å²) in [4.78, 5) is 2.56. The molecule has 1 heterocycles. The van der Waals surface area contributed by atoms with Gasteiger partial charge in [-0.2, -0.15) is 0 Å². The van der Waals surface area contributed by atoms with Crippen LogP contribution in [0.5, 0.6) is 5.75 Å². The fraction of sp³-hybridized carbons (Fsp3) is 0.478. The SMILES string of the molecule is CC(C)c1ccc(OCCNC2CCN(Cc3ccccc3)CC2)cc1. The first-order valence-electron chi connectivity index (χ1n) is 9.93. The standard InChI is InChI=1S/C23H32N2O/c1-19(2)21-8-10-23(11-9-21)26-17-14-24-22-12-15-25(16-13-22)18-20-6-4-3-5-7-20/h3-11,19,22,24H,12-18H2,1-2H3. The maximum absolute atomic E-state index is 5.86. The Morgan fingerprint density at radius 1 is 1.00 bits per heavy atom. The van der Waals surface area contributed by atoms with Crippen LogP contribution < -0.4 is 10.1 Å². The van der Waals surface area contributed by atoms with Crippen molar-refractivity contribution >= 4 is 0 Å². The summed E-state index contributed by atoms with van der Waals surface area (Å²) in [7, 11) is 0. The molecule has 0 aromatic heterocycles. The molecule has 1 aliphatic heterocycles. The van der Waals surface area contributed by atoms with Crippen LogP contribution in [0.25, 0.3) is 0 Å². The molecular formula is C23H32N2O. The average molecular weight is 353 g/mol. The van der Waals surface area contributed by atoms with Crippen molar-refractivity contribution in [2.24, 2.45) is 0 Å². The van der Waals surface area contributed by atoms with Crippen LogP contribution >= 0.6 is 0 Å². The van der Waals surface area contributed by atoms with E-state index in [1.807, 2.05) is 0 Å². The number of hydrogen-bond donors (Lipinski definition) is 1. The minimum Gasteiger partial charge on any atom is -0.492 e. The third-order valence-corrected chi connectivity index (χ3v) is 5.19. The fourth-order valence-electron chi connectivity index (χ4n) is 3.52. The molecule has 3 heteroatoms. The van der Waals surface area contributed by atoms with Gasteiger partial charge in [0.25, 0.3) is 0 Å². The van der Waals surface area contributed by atoms with Crippen molar-refractivity contribution < 1.29 is 4.74 Å². The molecule has 0 amide bonds. The quantitative estimate of drug-likeness (QED) is 0.711. The van der Waals surface area contributed by atoms with Gasteiger partial charge in [-0.3, -0.25) is 4.90 Å². The number of hydrogen-bond acceptors (Lipinski definition) is 3. The molecule has 0 radical (unpaired) electrons. The molecule has 0 unspecified atom stereocenters. The second-order valence-corrected chi connectivity index (χ2v) is 7.56. The number of rotatable bonds is 8. The lowest BCUT2D eigenvalue weighted by Crippen LogP contribution is -2.43. The number of ether oxygens (including phenoxy) is 1. The van der Waals surface area contributed by atoms with Gasteiger partial charge < -0.3 is 10.1 Å². The van der Waals surface area contributed by atoms with Gasteiger partial charge in [-0.05, 0) is 55.1 Å². The van der Waals surface area contributed by atoms with Crippen LogP contribution in [0.2, 0.25) is 0 Å². The molecule has 3 nitrogen and oxygen atoms in total. The third kappa shape index (κ3) is 5.86. The van der Waals surface area contributed by atoms with Crippen LogP contribution in [0.3, 0.4) is 0 Å². The van der Waals surface area contributed by atoms with Crippen LogP contribution in [0.4, 0.5) is 0 Å². The Morgan fingerprint density at radius 3 is 2.35 bits per heavy atom. The number of nitrogens with one attached hydrogen (secondary N) is 1. The fourth-order valence-corrected chi connectivity index (χ4v) is 3.52. The maximum Gasteiger partial charge on any atom is 0.119 e. The minimum atomic E-state index is 0.568. The summed E-state index contributed by atoms with van der Waals surface area (Å²) in [5.74, 6) is 1.53. The molecule has 2 aromatic rings. The summed E-state index contributed by atoms with van der Waals surface area (Å²) in [6.07, 6.45) is 2.44. The second kappa shape index (κ2) is 9.75. The predicted octanol–water partition coefficient (Wildman–Crippen LogP) is 4.44. The highest BCUT2D eigenvalue weighted by atomic mass is 16.5. The highest BCUT2D eigenvalue weighted by Crippen LogP contribution is 2.18. The van der Waals surface area contributed by atoms with Gasteiger partial charge in [-0.1, -0.05) is 56.3 Å². The molecule has 140 valence electrons. The molecule has 0 aliphatic carbocycles. The van der Waals surface area contributed by atoms with Crippen LogP contribution in [0, 0.1) is 0 Å². The second-order valence-electron chi connectivity index (χ2n) is 7.56. The highest BCUT2D eigenvalue weighted by Gasteiger charge is 2.18. The zero-order valence-electron chi connectivity index (χ0n) is 16.2. The lowest BCUT2D eigenvalue weighted by molar-refractivity contribution is 0.186. The van der Waals surface area contributed by atoms with Crippen LogP contribution in [-0.4, -0.2) is 37.2 Å². The van der Waals surface area contributed by atoms with E-state index in [9.17, 15) is 0 Å². The Balaban J connectivity index is 1.30. The Morgan fingerprint density at radius 2 is 1.69 bits per heavy atom. The number of piperidine rings is 1. The first kappa shape index (κ1) is 18.9. The van der Waals surface area contributed by atoms with Gasteiger partial charge in [0.15, 0.2) is 0 Å². The van der Waals surface area contributed by atoms with Crippen LogP contribution in [0.1, 0.15) is 43.7 Å². The van der Waals surface area contributed by atoms with E-state index in [-0.39, 0.29) is 0 Å². The van der Waals surface area contributed by atoms with E-state index in [0.29, 0.717) is 12.0 Å². The Hall–Kier alpha value is -1.84. The molecule has 2 aromatic carbocycles. The van der Waals surface area contributed by atoms with E-state index in [1.165, 1.54) is 37.1 Å². The minimum absolute atomic E-state index is 0.568. The lowest BCUT2D eigenvalue weighted by Gasteiger charge is -2.32. The first-order chi connectivity index (χ1) is 12.7. The van der Waals surface area contributed by atoms with Crippen LogP contribution in [-0.2, 0) is 6.54 Å². The van der Waals surface area contributed by atoms with Crippen molar-refractivity contribution in [3.8, 4) is 5.75 Å². The summed E-state index contributed by atoms with van der Waals surface area (Å²) in [6.45, 7) is 9.48. The number of benzene rings is 2. The van der Waals surface area contributed by atoms with Crippen molar-refractivity contribution in [3.63, 3.8) is 0 Å². The molecular weight excluding hydrogens is 320 g/mol. The number of likely N-dealkylation sites (tertiary alicyclic amines) is 1. The first-order valence-corrected chi connectivity index (χ1v) is 9.93. The summed E-state index contributed by atoms with van der Waals surface area (Å²) in [5, 5.41) is 3.65. The van der Waals surface area contributed by atoms with E-state index >= 15 is 0 Å². The van der Waals surface area contributed by atoms with E-state index in [1.54, 1.807) is 0 Å². The van der Waals surface area contributed by atoms with Gasteiger partial charge in [-0.15, -0.1) is 0 Å². The normalized spacial score (nSPS) is 16.1. The van der Waals surface area contributed by atoms with Gasteiger partial charge in [0.05, 0.1) is 0 Å². The average Bonchev–Trinajstić information content (AvgIpc) is 2.68. The van der Waals surface area contributed by atoms with Crippen LogP contribution in [0.15, 0.2) is 54.6 Å². The zero-order valence-corrected chi connectivity index (χ0v) is 16.2. The monoisotopic (exact) mass is 352 g/mol. The molecule has 3 rings (SSSR count). The van der Waals surface area contributed by atoms with E-state index in [0.717, 1.165) is 25.4 Å². The van der Waals surface area contributed by atoms with E-state index in [2.05, 4.69) is 78.7 Å². The van der Waals surface area contributed by atoms with Gasteiger partial charge in [0.1, 0.15) is 12.4 Å². The smallest absolute Gasteiger partial charge is 0.119 e. The lowest BCUT2D eigenvalue weighted by atomic mass is 10.0. The molecule has 0 saturated carbocycles. The molecule has 1 N–H and O–H groups in total.